The molecule has 0 radical (unpaired) electrons. The number of fused-ring (bicyclic) bond motifs is 1. The van der Waals surface area contributed by atoms with Gasteiger partial charge in [-0.05, 0) is 24.1 Å². The Morgan fingerprint density at radius 1 is 1.45 bits per heavy atom. The SMILES string of the molecule is N[C@H](CC1=CC(=O)C2=N[C@@H](C(=O)O)CSC2=C1)C(=O)O. The van der Waals surface area contributed by atoms with Crippen molar-refractivity contribution in [3.8, 4) is 0 Å². The van der Waals surface area contributed by atoms with Gasteiger partial charge in [-0.25, -0.2) is 4.79 Å². The molecule has 8 heteroatoms. The van der Waals surface area contributed by atoms with Gasteiger partial charge in [-0.1, -0.05) is 0 Å². The first-order chi connectivity index (χ1) is 9.38. The Morgan fingerprint density at radius 3 is 2.75 bits per heavy atom. The molecule has 0 amide bonds. The molecule has 1 aliphatic heterocycles. The van der Waals surface area contributed by atoms with Crippen molar-refractivity contribution in [2.75, 3.05) is 5.75 Å². The Hall–Kier alpha value is -1.93. The zero-order chi connectivity index (χ0) is 14.9. The van der Waals surface area contributed by atoms with E-state index in [0.717, 1.165) is 0 Å². The summed E-state index contributed by atoms with van der Waals surface area (Å²) in [5, 5.41) is 17.7. The predicted octanol–water partition coefficient (Wildman–Crippen LogP) is -0.178. The van der Waals surface area contributed by atoms with Gasteiger partial charge in [-0.2, -0.15) is 0 Å². The van der Waals surface area contributed by atoms with E-state index in [1.54, 1.807) is 6.08 Å². The maximum Gasteiger partial charge on any atom is 0.329 e. The number of ketones is 1. The molecule has 0 aromatic carbocycles. The van der Waals surface area contributed by atoms with E-state index in [1.165, 1.54) is 17.8 Å². The number of hydrogen-bond donors (Lipinski definition) is 3. The van der Waals surface area contributed by atoms with Crippen molar-refractivity contribution in [1.82, 2.24) is 0 Å². The molecule has 0 unspecified atom stereocenters. The number of hydrogen-bond acceptors (Lipinski definition) is 6. The van der Waals surface area contributed by atoms with Gasteiger partial charge in [-0.15, -0.1) is 11.8 Å². The lowest BCUT2D eigenvalue weighted by atomic mass is 9.98. The highest BCUT2D eigenvalue weighted by Crippen LogP contribution is 2.30. The second-order valence-electron chi connectivity index (χ2n) is 4.38. The lowest BCUT2D eigenvalue weighted by Crippen LogP contribution is -2.33. The second-order valence-corrected chi connectivity index (χ2v) is 5.45. The first kappa shape index (κ1) is 14.5. The normalized spacial score (nSPS) is 23.1. The van der Waals surface area contributed by atoms with Crippen molar-refractivity contribution in [3.05, 3.63) is 22.6 Å². The Kier molecular flexibility index (Phi) is 4.05. The van der Waals surface area contributed by atoms with Crippen LogP contribution >= 0.6 is 11.8 Å². The average Bonchev–Trinajstić information content (AvgIpc) is 2.38. The van der Waals surface area contributed by atoms with E-state index in [0.29, 0.717) is 10.5 Å². The van der Waals surface area contributed by atoms with E-state index in [9.17, 15) is 14.4 Å². The summed E-state index contributed by atoms with van der Waals surface area (Å²) in [6.07, 6.45) is 2.95. The van der Waals surface area contributed by atoms with Crippen LogP contribution in [0.4, 0.5) is 0 Å². The molecule has 0 bridgehead atoms. The number of allylic oxidation sites excluding steroid dienone is 3. The smallest absolute Gasteiger partial charge is 0.329 e. The van der Waals surface area contributed by atoms with E-state index in [-0.39, 0.29) is 17.9 Å². The van der Waals surface area contributed by atoms with Crippen molar-refractivity contribution >= 4 is 35.2 Å². The highest BCUT2D eigenvalue weighted by atomic mass is 32.2. The standard InChI is InChI=1S/C12H12N2O5S/c13-6(11(16)17)1-5-2-8(15)10-9(3-5)20-4-7(14-10)12(18)19/h2-3,6-7H,1,4,13H2,(H,16,17)(H,18,19)/t6-,7-/m1/s1. The summed E-state index contributed by atoms with van der Waals surface area (Å²) >= 11 is 1.23. The quantitative estimate of drug-likeness (QED) is 0.613. The Bertz CT molecular complexity index is 578. The molecule has 106 valence electrons. The number of aliphatic imine (C=N–C) groups is 1. The van der Waals surface area contributed by atoms with Gasteiger partial charge in [0.1, 0.15) is 11.8 Å². The molecule has 0 fully saturated rings. The summed E-state index contributed by atoms with van der Waals surface area (Å²) in [6.45, 7) is 0. The fraction of sp³-hybridized carbons (Fsp3) is 0.333. The first-order valence-corrected chi connectivity index (χ1v) is 6.76. The Balaban J connectivity index is 2.22. The van der Waals surface area contributed by atoms with Crippen molar-refractivity contribution in [3.63, 3.8) is 0 Å². The van der Waals surface area contributed by atoms with E-state index >= 15 is 0 Å². The second kappa shape index (κ2) is 5.59. The number of carbonyl (C=O) groups is 3. The van der Waals surface area contributed by atoms with Crippen molar-refractivity contribution < 1.29 is 24.6 Å². The molecule has 7 nitrogen and oxygen atoms in total. The van der Waals surface area contributed by atoms with Crippen LogP contribution in [-0.4, -0.2) is 51.5 Å². The van der Waals surface area contributed by atoms with Crippen molar-refractivity contribution in [2.45, 2.75) is 18.5 Å². The van der Waals surface area contributed by atoms with Gasteiger partial charge in [-0.3, -0.25) is 14.6 Å². The van der Waals surface area contributed by atoms with Crippen LogP contribution in [0.25, 0.3) is 0 Å². The molecule has 2 rings (SSSR count). The first-order valence-electron chi connectivity index (χ1n) is 5.77. The summed E-state index contributed by atoms with van der Waals surface area (Å²) < 4.78 is 0. The van der Waals surface area contributed by atoms with Gasteiger partial charge in [0, 0.05) is 10.7 Å². The van der Waals surface area contributed by atoms with Crippen LogP contribution in [0.1, 0.15) is 6.42 Å². The maximum atomic E-state index is 11.9. The lowest BCUT2D eigenvalue weighted by molar-refractivity contribution is -0.139. The molecule has 1 aliphatic carbocycles. The number of carbonyl (C=O) groups excluding carboxylic acids is 1. The summed E-state index contributed by atoms with van der Waals surface area (Å²) in [5.41, 5.74) is 6.07. The number of carboxylic acid groups (broad SMARTS) is 2. The van der Waals surface area contributed by atoms with Gasteiger partial charge in [0.2, 0.25) is 5.78 Å². The molecule has 2 aliphatic rings. The average molecular weight is 296 g/mol. The van der Waals surface area contributed by atoms with Gasteiger partial charge in [0.25, 0.3) is 0 Å². The zero-order valence-electron chi connectivity index (χ0n) is 10.3. The fourth-order valence-corrected chi connectivity index (χ4v) is 2.90. The third-order valence-electron chi connectivity index (χ3n) is 2.84. The van der Waals surface area contributed by atoms with E-state index < -0.39 is 29.8 Å². The van der Waals surface area contributed by atoms with Crippen LogP contribution < -0.4 is 5.73 Å². The minimum atomic E-state index is -1.14. The Morgan fingerprint density at radius 2 is 2.15 bits per heavy atom. The lowest BCUT2D eigenvalue weighted by Gasteiger charge is -2.22. The highest BCUT2D eigenvalue weighted by molar-refractivity contribution is 8.04. The van der Waals surface area contributed by atoms with E-state index in [2.05, 4.69) is 4.99 Å². The highest BCUT2D eigenvalue weighted by Gasteiger charge is 2.30. The summed E-state index contributed by atoms with van der Waals surface area (Å²) in [4.78, 5) is 38.0. The topological polar surface area (TPSA) is 130 Å². The molecule has 2 atom stereocenters. The van der Waals surface area contributed by atoms with Crippen LogP contribution in [-0.2, 0) is 14.4 Å². The third-order valence-corrected chi connectivity index (χ3v) is 3.94. The molecule has 0 aromatic rings. The van der Waals surface area contributed by atoms with Crippen LogP contribution in [0.15, 0.2) is 27.6 Å². The Labute approximate surface area is 118 Å². The summed E-state index contributed by atoms with van der Waals surface area (Å²) in [5.74, 6) is -2.37. The number of rotatable bonds is 4. The number of nitrogens with zero attached hydrogens (tertiary/aromatic N) is 1. The van der Waals surface area contributed by atoms with Crippen molar-refractivity contribution in [2.24, 2.45) is 10.7 Å². The minimum absolute atomic E-state index is 0.0424. The monoisotopic (exact) mass is 296 g/mol. The minimum Gasteiger partial charge on any atom is -0.480 e. The van der Waals surface area contributed by atoms with Gasteiger partial charge >= 0.3 is 11.9 Å². The molecule has 0 spiro atoms. The third kappa shape index (κ3) is 2.97. The van der Waals surface area contributed by atoms with Gasteiger partial charge < -0.3 is 15.9 Å². The van der Waals surface area contributed by atoms with Gasteiger partial charge in [0.15, 0.2) is 6.04 Å². The molecule has 0 saturated heterocycles. The van der Waals surface area contributed by atoms with Crippen molar-refractivity contribution in [1.29, 1.82) is 0 Å². The van der Waals surface area contributed by atoms with E-state index in [4.69, 9.17) is 15.9 Å². The van der Waals surface area contributed by atoms with Crippen LogP contribution in [0, 0.1) is 0 Å². The largest absolute Gasteiger partial charge is 0.480 e. The molecule has 4 N–H and O–H groups in total. The fourth-order valence-electron chi connectivity index (χ4n) is 1.82. The van der Waals surface area contributed by atoms with Crippen LogP contribution in [0.2, 0.25) is 0 Å². The van der Waals surface area contributed by atoms with Crippen LogP contribution in [0.5, 0.6) is 0 Å². The number of thioether (sulfide) groups is 1. The van der Waals surface area contributed by atoms with Gasteiger partial charge in [0.05, 0.1) is 0 Å². The number of aliphatic carboxylic acids is 2. The molecular formula is C12H12N2O5S. The molecule has 0 saturated carbocycles. The van der Waals surface area contributed by atoms with Crippen LogP contribution in [0.3, 0.4) is 0 Å². The molecule has 20 heavy (non-hydrogen) atoms. The molecular weight excluding hydrogens is 284 g/mol. The zero-order valence-corrected chi connectivity index (χ0v) is 11.1. The molecule has 0 aromatic heterocycles. The number of carboxylic acids is 2. The number of nitrogens with two attached hydrogens (primary N) is 1. The predicted molar refractivity (Wildman–Crippen MR) is 72.7 cm³/mol. The summed E-state index contributed by atoms with van der Waals surface area (Å²) in [7, 11) is 0. The molecule has 1 heterocycles. The maximum absolute atomic E-state index is 11.9. The summed E-state index contributed by atoms with van der Waals surface area (Å²) in [6, 6.07) is -2.00. The van der Waals surface area contributed by atoms with E-state index in [1.807, 2.05) is 0 Å².